The average Bonchev–Trinajstić information content (AvgIpc) is 2.71. The third-order valence-electron chi connectivity index (χ3n) is 5.81. The average molecular weight is 440 g/mol. The van der Waals surface area contributed by atoms with Crippen LogP contribution in [0.1, 0.15) is 68.8 Å². The van der Waals surface area contributed by atoms with Gasteiger partial charge in [0, 0.05) is 36.3 Å². The molecule has 0 aliphatic heterocycles. The van der Waals surface area contributed by atoms with Crippen molar-refractivity contribution in [2.45, 2.75) is 71.5 Å². The van der Waals surface area contributed by atoms with Crippen LogP contribution in [-0.4, -0.2) is 28.8 Å². The van der Waals surface area contributed by atoms with Crippen LogP contribution in [0.4, 0.5) is 10.1 Å². The third kappa shape index (κ3) is 6.63. The molecule has 2 unspecified atom stereocenters. The van der Waals surface area contributed by atoms with Gasteiger partial charge in [-0.2, -0.15) is 0 Å². The lowest BCUT2D eigenvalue weighted by Crippen LogP contribution is -2.52. The molecule has 1 aliphatic carbocycles. The van der Waals surface area contributed by atoms with Gasteiger partial charge in [0.15, 0.2) is 0 Å². The molecule has 6 heteroatoms. The highest BCUT2D eigenvalue weighted by molar-refractivity contribution is 6.04. The highest BCUT2D eigenvalue weighted by Crippen LogP contribution is 2.28. The highest BCUT2D eigenvalue weighted by atomic mass is 19.1. The predicted molar refractivity (Wildman–Crippen MR) is 126 cm³/mol. The van der Waals surface area contributed by atoms with Gasteiger partial charge in [-0.3, -0.25) is 9.59 Å². The number of nitrogens with zero attached hydrogens (tertiary/aromatic N) is 1. The van der Waals surface area contributed by atoms with Crippen LogP contribution in [0.3, 0.4) is 0 Å². The first-order valence-corrected chi connectivity index (χ1v) is 11.3. The zero-order chi connectivity index (χ0) is 23.3. The second kappa shape index (κ2) is 10.3. The number of amides is 2. The van der Waals surface area contributed by atoms with E-state index in [4.69, 9.17) is 5.73 Å². The first-order chi connectivity index (χ1) is 15.1. The van der Waals surface area contributed by atoms with E-state index in [0.29, 0.717) is 18.7 Å². The molecule has 0 spiro atoms. The largest absolute Gasteiger partial charge is 0.334 e. The lowest BCUT2D eigenvalue weighted by molar-refractivity contribution is -0.137. The molecule has 3 rings (SSSR count). The number of hydrogen-bond donors (Lipinski definition) is 2. The van der Waals surface area contributed by atoms with Gasteiger partial charge in [-0.1, -0.05) is 51.8 Å². The maximum atomic E-state index is 13.4. The van der Waals surface area contributed by atoms with Crippen molar-refractivity contribution in [3.05, 3.63) is 65.5 Å². The number of carbonyl (C=O) groups excluding carboxylic acids is 2. The van der Waals surface area contributed by atoms with Crippen molar-refractivity contribution in [1.29, 1.82) is 0 Å². The molecule has 0 aromatic heterocycles. The Morgan fingerprint density at radius 1 is 1.09 bits per heavy atom. The smallest absolute Gasteiger partial charge is 0.255 e. The van der Waals surface area contributed by atoms with Gasteiger partial charge in [0.05, 0.1) is 0 Å². The van der Waals surface area contributed by atoms with Crippen molar-refractivity contribution < 1.29 is 14.0 Å². The molecule has 32 heavy (non-hydrogen) atoms. The fourth-order valence-corrected chi connectivity index (χ4v) is 4.25. The maximum absolute atomic E-state index is 13.4. The molecule has 0 bridgehead atoms. The summed E-state index contributed by atoms with van der Waals surface area (Å²) in [4.78, 5) is 27.7. The number of anilines is 1. The zero-order valence-corrected chi connectivity index (χ0v) is 19.2. The second-order valence-electron chi connectivity index (χ2n) is 9.94. The van der Waals surface area contributed by atoms with Crippen molar-refractivity contribution in [2.24, 2.45) is 11.1 Å². The summed E-state index contributed by atoms with van der Waals surface area (Å²) in [6.45, 7) is 6.63. The van der Waals surface area contributed by atoms with E-state index in [1.165, 1.54) is 18.2 Å². The molecule has 0 saturated heterocycles. The molecule has 2 atom stereocenters. The monoisotopic (exact) mass is 439 g/mol. The van der Waals surface area contributed by atoms with E-state index in [2.05, 4.69) is 26.1 Å². The van der Waals surface area contributed by atoms with Gasteiger partial charge in [0.1, 0.15) is 5.82 Å². The fourth-order valence-electron chi connectivity index (χ4n) is 4.25. The number of nitrogens with two attached hydrogens (primary N) is 1. The molecule has 1 fully saturated rings. The van der Waals surface area contributed by atoms with Gasteiger partial charge in [-0.25, -0.2) is 4.39 Å². The van der Waals surface area contributed by atoms with Gasteiger partial charge < -0.3 is 16.0 Å². The molecule has 1 aliphatic rings. The van der Waals surface area contributed by atoms with Crippen LogP contribution < -0.4 is 11.1 Å². The van der Waals surface area contributed by atoms with E-state index < -0.39 is 5.82 Å². The van der Waals surface area contributed by atoms with Crippen LogP contribution in [0.15, 0.2) is 48.5 Å². The standard InChI is InChI=1S/C26H34FN3O2/c1-26(2,3)16-24(31)30(23-13-5-4-12-22(23)28)17-18-8-6-11-21(14-18)29-25(32)19-9-7-10-20(27)15-19/h6-11,14-15,22-23H,4-5,12-13,16-17,28H2,1-3H3,(H,29,32). The van der Waals surface area contributed by atoms with Crippen molar-refractivity contribution in [3.8, 4) is 0 Å². The molecular weight excluding hydrogens is 405 g/mol. The van der Waals surface area contributed by atoms with E-state index in [1.807, 2.05) is 23.1 Å². The first-order valence-electron chi connectivity index (χ1n) is 11.3. The molecule has 1 saturated carbocycles. The zero-order valence-electron chi connectivity index (χ0n) is 19.2. The summed E-state index contributed by atoms with van der Waals surface area (Å²) in [7, 11) is 0. The Morgan fingerprint density at radius 3 is 2.50 bits per heavy atom. The van der Waals surface area contributed by atoms with Gasteiger partial charge >= 0.3 is 0 Å². The molecule has 0 radical (unpaired) electrons. The molecule has 2 aromatic carbocycles. The van der Waals surface area contributed by atoms with E-state index in [-0.39, 0.29) is 34.9 Å². The SMILES string of the molecule is CC(C)(C)CC(=O)N(Cc1cccc(NC(=O)c2cccc(F)c2)c1)C1CCCCC1N. The molecule has 2 amide bonds. The summed E-state index contributed by atoms with van der Waals surface area (Å²) in [6, 6.07) is 13.0. The van der Waals surface area contributed by atoms with Gasteiger partial charge in [0.2, 0.25) is 5.91 Å². The predicted octanol–water partition coefficient (Wildman–Crippen LogP) is 5.11. The summed E-state index contributed by atoms with van der Waals surface area (Å²) >= 11 is 0. The molecule has 3 N–H and O–H groups in total. The van der Waals surface area contributed by atoms with Crippen LogP contribution in [0.2, 0.25) is 0 Å². The summed E-state index contributed by atoms with van der Waals surface area (Å²) in [6.07, 6.45) is 4.45. The Labute approximate surface area is 190 Å². The summed E-state index contributed by atoms with van der Waals surface area (Å²) in [5, 5.41) is 2.82. The minimum Gasteiger partial charge on any atom is -0.334 e. The number of halogens is 1. The van der Waals surface area contributed by atoms with Crippen molar-refractivity contribution in [1.82, 2.24) is 4.90 Å². The van der Waals surface area contributed by atoms with E-state index in [1.54, 1.807) is 12.1 Å². The minimum atomic E-state index is -0.455. The summed E-state index contributed by atoms with van der Waals surface area (Å²) < 4.78 is 13.4. The fraction of sp³-hybridized carbons (Fsp3) is 0.462. The summed E-state index contributed by atoms with van der Waals surface area (Å²) in [5.74, 6) is -0.728. The Hall–Kier alpha value is -2.73. The third-order valence-corrected chi connectivity index (χ3v) is 5.81. The molecular formula is C26H34FN3O2. The molecule has 5 nitrogen and oxygen atoms in total. The van der Waals surface area contributed by atoms with Crippen LogP contribution in [0.25, 0.3) is 0 Å². The minimum absolute atomic E-state index is 0.0177. The molecule has 2 aromatic rings. The lowest BCUT2D eigenvalue weighted by Gasteiger charge is -2.39. The van der Waals surface area contributed by atoms with Gasteiger partial charge in [-0.15, -0.1) is 0 Å². The summed E-state index contributed by atoms with van der Waals surface area (Å²) in [5.41, 5.74) is 8.09. The Balaban J connectivity index is 1.78. The van der Waals surface area contributed by atoms with Crippen LogP contribution in [0, 0.1) is 11.2 Å². The van der Waals surface area contributed by atoms with Crippen LogP contribution in [-0.2, 0) is 11.3 Å². The normalized spacial score (nSPS) is 18.8. The van der Waals surface area contributed by atoms with Crippen molar-refractivity contribution in [2.75, 3.05) is 5.32 Å². The Bertz CT molecular complexity index is 954. The van der Waals surface area contributed by atoms with Crippen molar-refractivity contribution in [3.63, 3.8) is 0 Å². The van der Waals surface area contributed by atoms with E-state index >= 15 is 0 Å². The van der Waals surface area contributed by atoms with Crippen molar-refractivity contribution >= 4 is 17.5 Å². The van der Waals surface area contributed by atoms with E-state index in [0.717, 1.165) is 31.2 Å². The number of rotatable bonds is 6. The number of nitrogens with one attached hydrogen (secondary N) is 1. The van der Waals surface area contributed by atoms with Gasteiger partial charge in [0.25, 0.3) is 5.91 Å². The van der Waals surface area contributed by atoms with E-state index in [9.17, 15) is 14.0 Å². The number of benzene rings is 2. The Kier molecular flexibility index (Phi) is 7.67. The number of hydrogen-bond acceptors (Lipinski definition) is 3. The quantitative estimate of drug-likeness (QED) is 0.656. The maximum Gasteiger partial charge on any atom is 0.255 e. The second-order valence-corrected chi connectivity index (χ2v) is 9.94. The van der Waals surface area contributed by atoms with Gasteiger partial charge in [-0.05, 0) is 54.2 Å². The number of carbonyl (C=O) groups is 2. The molecule has 172 valence electrons. The highest BCUT2D eigenvalue weighted by Gasteiger charge is 2.32. The van der Waals surface area contributed by atoms with Crippen LogP contribution in [0.5, 0.6) is 0 Å². The molecule has 0 heterocycles. The lowest BCUT2D eigenvalue weighted by atomic mass is 9.87. The Morgan fingerprint density at radius 2 is 1.81 bits per heavy atom. The first kappa shape index (κ1) is 23.9. The van der Waals surface area contributed by atoms with Crippen LogP contribution >= 0.6 is 0 Å². The topological polar surface area (TPSA) is 75.4 Å².